The van der Waals surface area contributed by atoms with Crippen LogP contribution in [0.3, 0.4) is 0 Å². The summed E-state index contributed by atoms with van der Waals surface area (Å²) in [5.74, 6) is 0. The van der Waals surface area contributed by atoms with Crippen molar-refractivity contribution in [2.24, 2.45) is 0 Å². The van der Waals surface area contributed by atoms with Crippen LogP contribution in [-0.2, 0) is 4.74 Å². The highest BCUT2D eigenvalue weighted by molar-refractivity contribution is 6.50. The van der Waals surface area contributed by atoms with Crippen LogP contribution in [0.1, 0.15) is 26.7 Å². The highest BCUT2D eigenvalue weighted by Gasteiger charge is 2.29. The van der Waals surface area contributed by atoms with E-state index in [2.05, 4.69) is 13.8 Å². The van der Waals surface area contributed by atoms with Crippen molar-refractivity contribution in [3.63, 3.8) is 0 Å². The van der Waals surface area contributed by atoms with Crippen molar-refractivity contribution in [3.8, 4) is 0 Å². The van der Waals surface area contributed by atoms with Gasteiger partial charge < -0.3 is 61.0 Å². The Morgan fingerprint density at radius 1 is 0.667 bits per heavy atom. The molecule has 20 heteroatoms. The fourth-order valence-corrected chi connectivity index (χ4v) is 1.83. The van der Waals surface area contributed by atoms with Crippen molar-refractivity contribution >= 4 is 21.8 Å². The summed E-state index contributed by atoms with van der Waals surface area (Å²) in [7, 11) is -18.0. The normalized spacial score (nSPS) is 15.4. The lowest BCUT2D eigenvalue weighted by molar-refractivity contribution is -0.933. The molecule has 1 fully saturated rings. The molecule has 1 saturated heterocycles. The van der Waals surface area contributed by atoms with Crippen LogP contribution in [0.25, 0.3) is 0 Å². The Hall–Kier alpha value is -0.935. The van der Waals surface area contributed by atoms with Gasteiger partial charge in [0.2, 0.25) is 0 Å². The molecule has 0 amide bonds. The molecule has 1 heterocycles. The van der Waals surface area contributed by atoms with Crippen LogP contribution in [0.15, 0.2) is 0 Å². The smallest absolute Gasteiger partial charge is 0.418 e. The second-order valence-corrected chi connectivity index (χ2v) is 5.17. The molecule has 1 aliphatic heterocycles. The van der Waals surface area contributed by atoms with E-state index in [9.17, 15) is 65.0 Å². The lowest BCUT2D eigenvalue weighted by Gasteiger charge is -2.32. The molecule has 0 N–H and O–H groups in total. The molecule has 0 unspecified atom stereocenters. The van der Waals surface area contributed by atoms with Gasteiger partial charge in [0.1, 0.15) is 0 Å². The number of alkyl halides is 3. The van der Waals surface area contributed by atoms with E-state index in [0.29, 0.717) is 0 Å². The fourth-order valence-electron chi connectivity index (χ4n) is 1.83. The average Bonchev–Trinajstić information content (AvgIpc) is 2.88. The van der Waals surface area contributed by atoms with Crippen molar-refractivity contribution in [2.75, 3.05) is 33.0 Å². The molecule has 0 aromatic heterocycles. The Morgan fingerprint density at radius 3 is 1.07 bits per heavy atom. The Kier molecular flexibility index (Phi) is 21.5. The van der Waals surface area contributed by atoms with Crippen molar-refractivity contribution in [2.45, 2.75) is 33.4 Å². The number of nitrogens with zero attached hydrogens (tertiary/aromatic N) is 1. The first-order chi connectivity index (χ1) is 13.1. The maximum absolute atomic E-state index is 9.75. The fraction of sp³-hybridized carbons (Fsp3) is 1.00. The van der Waals surface area contributed by atoms with E-state index in [4.69, 9.17) is 4.74 Å². The van der Waals surface area contributed by atoms with E-state index >= 15 is 0 Å². The maximum Gasteiger partial charge on any atom is 0.673 e. The Bertz CT molecular complexity index is 322. The molecule has 0 aromatic carbocycles. The van der Waals surface area contributed by atoms with Crippen molar-refractivity contribution in [1.82, 2.24) is 0 Å². The van der Waals surface area contributed by atoms with E-state index in [1.807, 2.05) is 0 Å². The first-order valence-corrected chi connectivity index (χ1v) is 8.03. The van der Waals surface area contributed by atoms with E-state index in [0.717, 1.165) is 13.3 Å². The highest BCUT2D eigenvalue weighted by Crippen LogP contribution is 2.18. The van der Waals surface area contributed by atoms with Gasteiger partial charge in [0.15, 0.2) is 6.73 Å². The van der Waals surface area contributed by atoms with Gasteiger partial charge in [0, 0.05) is 19.4 Å². The van der Waals surface area contributed by atoms with Gasteiger partial charge in [0.25, 0.3) is 0 Å². The Balaban J connectivity index is -0.000000153. The molecule has 30 heavy (non-hydrogen) atoms. The molecule has 1 aliphatic rings. The van der Waals surface area contributed by atoms with Gasteiger partial charge in [-0.15, -0.1) is 0 Å². The van der Waals surface area contributed by atoms with Crippen molar-refractivity contribution < 1.29 is 74.2 Å². The van der Waals surface area contributed by atoms with Gasteiger partial charge >= 0.3 is 28.4 Å². The number of hydrogen-bond donors (Lipinski definition) is 0. The molecular weight excluding hydrogens is 468 g/mol. The molecule has 0 atom stereocenters. The molecule has 188 valence electrons. The minimum Gasteiger partial charge on any atom is -0.418 e. The Morgan fingerprint density at radius 2 is 0.900 bits per heavy atom. The molecule has 0 radical (unpaired) electrons. The van der Waals surface area contributed by atoms with E-state index in [1.165, 1.54) is 37.0 Å². The summed E-state index contributed by atoms with van der Waals surface area (Å²) in [6, 6.07) is 0. The lowest BCUT2D eigenvalue weighted by Crippen LogP contribution is -2.46. The largest absolute Gasteiger partial charge is 0.673 e. The third kappa shape index (κ3) is 71.2. The molecule has 0 saturated carbocycles. The summed E-state index contributed by atoms with van der Waals surface area (Å²) in [4.78, 5) is 0. The summed E-state index contributed by atoms with van der Waals surface area (Å²) in [5, 5.41) is 0. The summed E-state index contributed by atoms with van der Waals surface area (Å²) >= 11 is 0. The number of hydrogen-bond acceptors (Lipinski definition) is 1. The topological polar surface area (TPSA) is 9.23 Å². The molecule has 0 aromatic rings. The zero-order chi connectivity index (χ0) is 25.2. The van der Waals surface area contributed by atoms with Crippen LogP contribution in [0.2, 0.25) is 0 Å². The van der Waals surface area contributed by atoms with Crippen LogP contribution < -0.4 is 0 Å². The molecule has 0 aliphatic carbocycles. The zero-order valence-corrected chi connectivity index (χ0v) is 15.8. The maximum atomic E-state index is 9.75. The first-order valence-electron chi connectivity index (χ1n) is 8.03. The van der Waals surface area contributed by atoms with E-state index < -0.39 is 28.4 Å². The SMILES string of the molecule is CCOC[N+]1(CC)CCCC1.FC(F)F.F[B-](F)(F)F.F[B-](F)(F)F.F[B-](F)(F)F. The van der Waals surface area contributed by atoms with Gasteiger partial charge in [-0.25, -0.2) is 0 Å². The van der Waals surface area contributed by atoms with Crippen molar-refractivity contribution in [3.05, 3.63) is 0 Å². The van der Waals surface area contributed by atoms with Crippen molar-refractivity contribution in [1.29, 1.82) is 0 Å². The lowest BCUT2D eigenvalue weighted by atomic mass is 10.3. The predicted molar refractivity (Wildman–Crippen MR) is 83.9 cm³/mol. The third-order valence-electron chi connectivity index (χ3n) is 2.76. The second-order valence-electron chi connectivity index (χ2n) is 5.17. The van der Waals surface area contributed by atoms with Crippen LogP contribution >= 0.6 is 0 Å². The van der Waals surface area contributed by atoms with Gasteiger partial charge in [-0.05, 0) is 13.8 Å². The van der Waals surface area contributed by atoms with Crippen LogP contribution in [-0.4, -0.2) is 65.9 Å². The van der Waals surface area contributed by atoms with Gasteiger partial charge in [-0.3, -0.25) is 0 Å². The standard InChI is InChI=1S/C9H20NO.CHF3.3BF4/c1-3-10(9-11-4-2)7-5-6-8-10;2-1(3)4;3*2-1(3,4)5/h3-9H2,1-2H3;1H;;;/q+1;;3*-1. The number of quaternary nitrogens is 1. The molecule has 0 bridgehead atoms. The number of halogens is 15. The number of rotatable bonds is 4. The van der Waals surface area contributed by atoms with Crippen LogP contribution in [0.5, 0.6) is 0 Å². The molecule has 2 nitrogen and oxygen atoms in total. The Labute approximate surface area is 163 Å². The quantitative estimate of drug-likeness (QED) is 0.243. The minimum absolute atomic E-state index is 0.861. The highest BCUT2D eigenvalue weighted by atomic mass is 19.5. The molecule has 1 rings (SSSR count). The van der Waals surface area contributed by atoms with Crippen LogP contribution in [0.4, 0.5) is 65.0 Å². The minimum atomic E-state index is -6.00. The first kappa shape index (κ1) is 36.4. The van der Waals surface area contributed by atoms with E-state index in [1.54, 1.807) is 0 Å². The molecule has 0 spiro atoms. The van der Waals surface area contributed by atoms with Gasteiger partial charge in [-0.2, -0.15) is 13.2 Å². The third-order valence-corrected chi connectivity index (χ3v) is 2.76. The number of ether oxygens (including phenoxy) is 1. The second kappa shape index (κ2) is 17.7. The number of likely N-dealkylation sites (tertiary alicyclic amines) is 1. The monoisotopic (exact) mass is 489 g/mol. The van der Waals surface area contributed by atoms with Gasteiger partial charge in [0.05, 0.1) is 19.6 Å². The summed E-state index contributed by atoms with van der Waals surface area (Å²) < 4.78 is 153. The summed E-state index contributed by atoms with van der Waals surface area (Å²) in [6.45, 7) is 6.37. The predicted octanol–water partition coefficient (Wildman–Crippen LogP) is 6.69. The average molecular weight is 489 g/mol. The zero-order valence-electron chi connectivity index (χ0n) is 15.8. The summed E-state index contributed by atoms with van der Waals surface area (Å²) in [6.07, 6.45) is 2.78. The van der Waals surface area contributed by atoms with Gasteiger partial charge in [-0.1, -0.05) is 0 Å². The van der Waals surface area contributed by atoms with E-state index in [-0.39, 0.29) is 0 Å². The van der Waals surface area contributed by atoms with Crippen LogP contribution in [0, 0.1) is 0 Å². The molecular formula is C10H21B3F15NO-2. The summed E-state index contributed by atoms with van der Waals surface area (Å²) in [5.41, 5.74) is 0.